The lowest BCUT2D eigenvalue weighted by Crippen LogP contribution is -2.49. The Kier molecular flexibility index (Phi) is 5.18. The summed E-state index contributed by atoms with van der Waals surface area (Å²) in [7, 11) is 0. The summed E-state index contributed by atoms with van der Waals surface area (Å²) in [6, 6.07) is 4.76. The van der Waals surface area contributed by atoms with Crippen molar-refractivity contribution in [1.29, 1.82) is 0 Å². The van der Waals surface area contributed by atoms with E-state index in [1.807, 2.05) is 13.8 Å². The smallest absolute Gasteiger partial charge is 0.123 e. The van der Waals surface area contributed by atoms with Gasteiger partial charge >= 0.3 is 0 Å². The zero-order valence-corrected chi connectivity index (χ0v) is 13.6. The average Bonchev–Trinajstić information content (AvgIpc) is 2.44. The topological polar surface area (TPSA) is 35.5 Å². The molecule has 0 bridgehead atoms. The Labute approximate surface area is 128 Å². The number of nitrogens with zero attached hydrogens (tertiary/aromatic N) is 1. The number of hydrogen-bond donors (Lipinski definition) is 2. The van der Waals surface area contributed by atoms with E-state index < -0.39 is 0 Å². The van der Waals surface area contributed by atoms with Crippen LogP contribution in [0.25, 0.3) is 0 Å². The fourth-order valence-corrected chi connectivity index (χ4v) is 3.33. The van der Waals surface area contributed by atoms with Crippen LogP contribution in [0, 0.1) is 11.2 Å². The molecule has 1 heterocycles. The lowest BCUT2D eigenvalue weighted by atomic mass is 9.79. The van der Waals surface area contributed by atoms with Gasteiger partial charge < -0.3 is 10.4 Å². The summed E-state index contributed by atoms with van der Waals surface area (Å²) in [5.74, 6) is -0.239. The number of rotatable bonds is 4. The maximum atomic E-state index is 13.7. The molecule has 0 aromatic heterocycles. The molecule has 0 amide bonds. The van der Waals surface area contributed by atoms with E-state index in [1.54, 1.807) is 12.1 Å². The monoisotopic (exact) mass is 344 g/mol. The maximum absolute atomic E-state index is 13.7. The second-order valence-corrected chi connectivity index (χ2v) is 6.86. The second kappa shape index (κ2) is 6.52. The summed E-state index contributed by atoms with van der Waals surface area (Å²) in [6.07, 6.45) is 0. The third-order valence-corrected chi connectivity index (χ3v) is 4.64. The van der Waals surface area contributed by atoms with E-state index in [0.717, 1.165) is 36.2 Å². The number of nitrogens with one attached hydrogen (secondary N) is 1. The van der Waals surface area contributed by atoms with Crippen molar-refractivity contribution in [2.75, 3.05) is 32.8 Å². The summed E-state index contributed by atoms with van der Waals surface area (Å²) in [6.45, 7) is 7.75. The van der Waals surface area contributed by atoms with Crippen LogP contribution in [0.5, 0.6) is 0 Å². The number of benzene rings is 1. The van der Waals surface area contributed by atoms with Gasteiger partial charge in [0.1, 0.15) is 5.82 Å². The van der Waals surface area contributed by atoms with Gasteiger partial charge in [0, 0.05) is 48.7 Å². The van der Waals surface area contributed by atoms with Crippen molar-refractivity contribution in [3.05, 3.63) is 34.1 Å². The predicted octanol–water partition coefficient (Wildman–Crippen LogP) is 2.55. The Bertz CT molecular complexity index is 461. The Morgan fingerprint density at radius 3 is 2.65 bits per heavy atom. The number of piperazine rings is 1. The van der Waals surface area contributed by atoms with Crippen molar-refractivity contribution in [2.45, 2.75) is 19.9 Å². The van der Waals surface area contributed by atoms with Gasteiger partial charge in [-0.3, -0.25) is 4.90 Å². The van der Waals surface area contributed by atoms with Gasteiger partial charge in [0.2, 0.25) is 0 Å². The normalized spacial score (nSPS) is 19.1. The number of hydrogen-bond acceptors (Lipinski definition) is 3. The molecule has 1 saturated heterocycles. The second-order valence-electron chi connectivity index (χ2n) is 6.00. The molecular weight excluding hydrogens is 323 g/mol. The largest absolute Gasteiger partial charge is 0.396 e. The first kappa shape index (κ1) is 15.9. The molecule has 5 heteroatoms. The molecule has 1 aliphatic heterocycles. The molecule has 0 radical (unpaired) electrons. The molecule has 1 aromatic carbocycles. The highest BCUT2D eigenvalue weighted by molar-refractivity contribution is 9.10. The van der Waals surface area contributed by atoms with Crippen LogP contribution < -0.4 is 5.32 Å². The van der Waals surface area contributed by atoms with Crippen molar-refractivity contribution in [3.8, 4) is 0 Å². The van der Waals surface area contributed by atoms with Gasteiger partial charge in [0.05, 0.1) is 0 Å². The zero-order valence-electron chi connectivity index (χ0n) is 12.0. The SMILES string of the molecule is CC(C)(CO)[C@H](c1cc(F)ccc1Br)N1CCNCC1. The van der Waals surface area contributed by atoms with Crippen LogP contribution in [-0.2, 0) is 0 Å². The summed E-state index contributed by atoms with van der Waals surface area (Å²) in [5, 5.41) is 13.1. The molecule has 2 N–H and O–H groups in total. The molecule has 3 nitrogen and oxygen atoms in total. The van der Waals surface area contributed by atoms with E-state index in [0.29, 0.717) is 0 Å². The molecule has 1 aromatic rings. The predicted molar refractivity (Wildman–Crippen MR) is 82.2 cm³/mol. The number of aliphatic hydroxyl groups excluding tert-OH is 1. The molecule has 20 heavy (non-hydrogen) atoms. The van der Waals surface area contributed by atoms with Crippen LogP contribution in [0.15, 0.2) is 22.7 Å². The van der Waals surface area contributed by atoms with Crippen LogP contribution in [0.4, 0.5) is 4.39 Å². The van der Waals surface area contributed by atoms with Gasteiger partial charge in [-0.15, -0.1) is 0 Å². The van der Waals surface area contributed by atoms with Crippen LogP contribution in [0.3, 0.4) is 0 Å². The minimum absolute atomic E-state index is 0.0142. The summed E-state index contributed by atoms with van der Waals surface area (Å²) in [5.41, 5.74) is 0.569. The van der Waals surface area contributed by atoms with Gasteiger partial charge in [0.15, 0.2) is 0 Å². The maximum Gasteiger partial charge on any atom is 0.123 e. The minimum Gasteiger partial charge on any atom is -0.396 e. The first-order valence-corrected chi connectivity index (χ1v) is 7.75. The molecule has 0 spiro atoms. The first-order chi connectivity index (χ1) is 9.45. The van der Waals surface area contributed by atoms with Crippen molar-refractivity contribution in [2.24, 2.45) is 5.41 Å². The van der Waals surface area contributed by atoms with E-state index in [2.05, 4.69) is 26.1 Å². The fraction of sp³-hybridized carbons (Fsp3) is 0.600. The molecule has 112 valence electrons. The van der Waals surface area contributed by atoms with Crippen molar-refractivity contribution in [3.63, 3.8) is 0 Å². The molecule has 0 unspecified atom stereocenters. The molecular formula is C15H22BrFN2O. The third-order valence-electron chi connectivity index (χ3n) is 3.92. The van der Waals surface area contributed by atoms with E-state index in [9.17, 15) is 9.50 Å². The summed E-state index contributed by atoms with van der Waals surface area (Å²) >= 11 is 3.53. The quantitative estimate of drug-likeness (QED) is 0.881. The molecule has 1 atom stereocenters. The van der Waals surface area contributed by atoms with Gasteiger partial charge in [-0.1, -0.05) is 29.8 Å². The fourth-order valence-electron chi connectivity index (χ4n) is 2.86. The minimum atomic E-state index is -0.340. The molecule has 1 fully saturated rings. The van der Waals surface area contributed by atoms with Crippen LogP contribution in [0.1, 0.15) is 25.5 Å². The molecule has 2 rings (SSSR count). The van der Waals surface area contributed by atoms with Crippen molar-refractivity contribution < 1.29 is 9.50 Å². The van der Waals surface area contributed by atoms with Crippen molar-refractivity contribution in [1.82, 2.24) is 10.2 Å². The van der Waals surface area contributed by atoms with E-state index >= 15 is 0 Å². The highest BCUT2D eigenvalue weighted by atomic mass is 79.9. The Morgan fingerprint density at radius 2 is 2.05 bits per heavy atom. The zero-order chi connectivity index (χ0) is 14.8. The lowest BCUT2D eigenvalue weighted by molar-refractivity contribution is 0.0300. The third kappa shape index (κ3) is 3.39. The van der Waals surface area contributed by atoms with E-state index in [1.165, 1.54) is 6.07 Å². The van der Waals surface area contributed by atoms with Gasteiger partial charge in [-0.25, -0.2) is 4.39 Å². The standard InChI is InChI=1S/C15H22BrFN2O/c1-15(2,10-20)14(19-7-5-18-6-8-19)12-9-11(17)3-4-13(12)16/h3-4,9,14,18,20H,5-8,10H2,1-2H3/t14-/m0/s1. The highest BCUT2D eigenvalue weighted by Crippen LogP contribution is 2.41. The molecule has 0 saturated carbocycles. The Hall–Kier alpha value is -0.490. The number of aliphatic hydroxyl groups is 1. The summed E-state index contributed by atoms with van der Waals surface area (Å²) < 4.78 is 14.5. The van der Waals surface area contributed by atoms with E-state index in [4.69, 9.17) is 0 Å². The van der Waals surface area contributed by atoms with Gasteiger partial charge in [-0.2, -0.15) is 0 Å². The Morgan fingerprint density at radius 1 is 1.40 bits per heavy atom. The molecule has 1 aliphatic rings. The average molecular weight is 345 g/mol. The molecule has 0 aliphatic carbocycles. The van der Waals surface area contributed by atoms with Gasteiger partial charge in [-0.05, 0) is 23.8 Å². The number of halogens is 2. The Balaban J connectivity index is 2.42. The van der Waals surface area contributed by atoms with Crippen molar-refractivity contribution >= 4 is 15.9 Å². The van der Waals surface area contributed by atoms with E-state index in [-0.39, 0.29) is 23.9 Å². The van der Waals surface area contributed by atoms with Gasteiger partial charge in [0.25, 0.3) is 0 Å². The van der Waals surface area contributed by atoms with Crippen LogP contribution >= 0.6 is 15.9 Å². The first-order valence-electron chi connectivity index (χ1n) is 6.96. The van der Waals surface area contributed by atoms with Crippen LogP contribution in [0.2, 0.25) is 0 Å². The van der Waals surface area contributed by atoms with Crippen LogP contribution in [-0.4, -0.2) is 42.8 Å². The lowest BCUT2D eigenvalue weighted by Gasteiger charge is -2.43. The highest BCUT2D eigenvalue weighted by Gasteiger charge is 2.36. The summed E-state index contributed by atoms with van der Waals surface area (Å²) in [4.78, 5) is 2.33.